The van der Waals surface area contributed by atoms with Crippen LogP contribution in [-0.4, -0.2) is 23.2 Å². The molecule has 0 bridgehead atoms. The third-order valence-corrected chi connectivity index (χ3v) is 4.46. The van der Waals surface area contributed by atoms with Crippen LogP contribution in [0.15, 0.2) is 18.3 Å². The lowest BCUT2D eigenvalue weighted by molar-refractivity contribution is 0.194. The minimum atomic E-state index is -0.491. The third-order valence-electron chi connectivity index (χ3n) is 4.46. The maximum atomic E-state index is 9.48. The maximum Gasteiger partial charge on any atom is 0.0931 e. The van der Waals surface area contributed by atoms with Gasteiger partial charge in [0.15, 0.2) is 0 Å². The first-order valence-electron chi connectivity index (χ1n) is 7.26. The first kappa shape index (κ1) is 14.3. The molecule has 3 heteroatoms. The molecule has 1 fully saturated rings. The monoisotopic (exact) mass is 262 g/mol. The summed E-state index contributed by atoms with van der Waals surface area (Å²) in [6.07, 6.45) is 6.47. The van der Waals surface area contributed by atoms with Crippen molar-refractivity contribution in [3.05, 3.63) is 24.0 Å². The van der Waals surface area contributed by atoms with Crippen LogP contribution in [0.1, 0.15) is 58.3 Å². The van der Waals surface area contributed by atoms with Gasteiger partial charge in [0, 0.05) is 13.1 Å². The van der Waals surface area contributed by atoms with Gasteiger partial charge in [-0.2, -0.15) is 0 Å². The van der Waals surface area contributed by atoms with Crippen LogP contribution < -0.4 is 4.90 Å². The molecule has 2 rings (SSSR count). The Morgan fingerprint density at radius 3 is 2.42 bits per heavy atom. The molecule has 0 aromatic carbocycles. The van der Waals surface area contributed by atoms with Crippen molar-refractivity contribution in [2.24, 2.45) is 5.41 Å². The Hall–Kier alpha value is -1.09. The van der Waals surface area contributed by atoms with Gasteiger partial charge in [-0.1, -0.05) is 13.8 Å². The number of hydrogen-bond acceptors (Lipinski definition) is 3. The van der Waals surface area contributed by atoms with E-state index in [1.54, 1.807) is 6.92 Å². The Morgan fingerprint density at radius 1 is 1.32 bits per heavy atom. The number of rotatable bonds is 3. The molecule has 0 unspecified atom stereocenters. The normalized spacial score (nSPS) is 21.1. The average Bonchev–Trinajstić information content (AvgIpc) is 2.38. The summed E-state index contributed by atoms with van der Waals surface area (Å²) in [5.41, 5.74) is 2.39. The van der Waals surface area contributed by atoms with E-state index < -0.39 is 6.10 Å². The van der Waals surface area contributed by atoms with Gasteiger partial charge in [0.25, 0.3) is 0 Å². The first-order chi connectivity index (χ1) is 8.89. The smallest absolute Gasteiger partial charge is 0.0931 e. The molecule has 1 saturated carbocycles. The second kappa shape index (κ2) is 5.49. The molecule has 0 amide bonds. The number of nitrogens with zero attached hydrogens (tertiary/aromatic N) is 2. The largest absolute Gasteiger partial charge is 0.387 e. The lowest BCUT2D eigenvalue weighted by Crippen LogP contribution is -2.37. The third kappa shape index (κ3) is 3.47. The van der Waals surface area contributed by atoms with E-state index in [1.165, 1.54) is 25.7 Å². The van der Waals surface area contributed by atoms with Gasteiger partial charge in [0.05, 0.1) is 23.7 Å². The zero-order valence-electron chi connectivity index (χ0n) is 12.6. The van der Waals surface area contributed by atoms with Crippen molar-refractivity contribution in [1.29, 1.82) is 0 Å². The summed E-state index contributed by atoms with van der Waals surface area (Å²) in [7, 11) is 2.15. The van der Waals surface area contributed by atoms with Gasteiger partial charge in [-0.05, 0) is 50.2 Å². The predicted molar refractivity (Wildman–Crippen MR) is 79.3 cm³/mol. The standard InChI is InChI=1S/C16H26N2O/c1-12(19)15-6-5-14(11-17-15)18(4)13-7-9-16(2,3)10-8-13/h5-6,11-13,19H,7-10H2,1-4H3/t12-/m0/s1. The van der Waals surface area contributed by atoms with E-state index >= 15 is 0 Å². The van der Waals surface area contributed by atoms with Crippen LogP contribution in [-0.2, 0) is 0 Å². The zero-order chi connectivity index (χ0) is 14.0. The van der Waals surface area contributed by atoms with Crippen LogP contribution in [0.25, 0.3) is 0 Å². The molecule has 19 heavy (non-hydrogen) atoms. The van der Waals surface area contributed by atoms with Crippen molar-refractivity contribution >= 4 is 5.69 Å². The Morgan fingerprint density at radius 2 is 1.95 bits per heavy atom. The lowest BCUT2D eigenvalue weighted by atomic mass is 9.75. The topological polar surface area (TPSA) is 36.4 Å². The molecular formula is C16H26N2O. The van der Waals surface area contributed by atoms with Crippen LogP contribution in [0.3, 0.4) is 0 Å². The summed E-state index contributed by atoms with van der Waals surface area (Å²) in [5, 5.41) is 9.48. The molecule has 0 aliphatic heterocycles. The van der Waals surface area contributed by atoms with Crippen molar-refractivity contribution in [1.82, 2.24) is 4.98 Å². The lowest BCUT2D eigenvalue weighted by Gasteiger charge is -2.39. The number of hydrogen-bond donors (Lipinski definition) is 1. The van der Waals surface area contributed by atoms with Crippen molar-refractivity contribution in [3.63, 3.8) is 0 Å². The molecule has 1 aromatic heterocycles. The molecule has 0 radical (unpaired) electrons. The van der Waals surface area contributed by atoms with E-state index in [2.05, 4.69) is 36.8 Å². The highest BCUT2D eigenvalue weighted by atomic mass is 16.3. The van der Waals surface area contributed by atoms with E-state index in [4.69, 9.17) is 0 Å². The summed E-state index contributed by atoms with van der Waals surface area (Å²) in [6.45, 7) is 6.47. The molecular weight excluding hydrogens is 236 g/mol. The molecule has 1 N–H and O–H groups in total. The summed E-state index contributed by atoms with van der Waals surface area (Å²) < 4.78 is 0. The van der Waals surface area contributed by atoms with Crippen LogP contribution in [0.2, 0.25) is 0 Å². The predicted octanol–water partition coefficient (Wildman–Crippen LogP) is 3.54. The van der Waals surface area contributed by atoms with Crippen LogP contribution in [0.4, 0.5) is 5.69 Å². The molecule has 0 saturated heterocycles. The van der Waals surface area contributed by atoms with Crippen LogP contribution in [0, 0.1) is 5.41 Å². The number of aromatic nitrogens is 1. The summed E-state index contributed by atoms with van der Waals surface area (Å²) >= 11 is 0. The summed E-state index contributed by atoms with van der Waals surface area (Å²) in [4.78, 5) is 6.67. The fraction of sp³-hybridized carbons (Fsp3) is 0.688. The van der Waals surface area contributed by atoms with Crippen molar-refractivity contribution < 1.29 is 5.11 Å². The second-order valence-electron chi connectivity index (χ2n) is 6.62. The maximum absolute atomic E-state index is 9.48. The van der Waals surface area contributed by atoms with E-state index in [-0.39, 0.29) is 0 Å². The Labute approximate surface area is 116 Å². The second-order valence-corrected chi connectivity index (χ2v) is 6.62. The molecule has 1 atom stereocenters. The molecule has 1 aliphatic carbocycles. The van der Waals surface area contributed by atoms with E-state index in [1.807, 2.05) is 12.3 Å². The Bertz CT molecular complexity index is 401. The van der Waals surface area contributed by atoms with Gasteiger partial charge >= 0.3 is 0 Å². The van der Waals surface area contributed by atoms with Crippen molar-refractivity contribution in [3.8, 4) is 0 Å². The Kier molecular flexibility index (Phi) is 4.14. The quantitative estimate of drug-likeness (QED) is 0.905. The van der Waals surface area contributed by atoms with Gasteiger partial charge in [-0.3, -0.25) is 4.98 Å². The summed E-state index contributed by atoms with van der Waals surface area (Å²) in [6, 6.07) is 4.60. The van der Waals surface area contributed by atoms with Gasteiger partial charge < -0.3 is 10.0 Å². The van der Waals surface area contributed by atoms with Crippen molar-refractivity contribution in [2.45, 2.75) is 58.6 Å². The fourth-order valence-corrected chi connectivity index (χ4v) is 2.84. The molecule has 0 spiro atoms. The van der Waals surface area contributed by atoms with E-state index in [0.29, 0.717) is 11.5 Å². The molecule has 1 aliphatic rings. The molecule has 3 nitrogen and oxygen atoms in total. The summed E-state index contributed by atoms with van der Waals surface area (Å²) in [5.74, 6) is 0. The first-order valence-corrected chi connectivity index (χ1v) is 7.26. The highest BCUT2D eigenvalue weighted by Crippen LogP contribution is 2.37. The highest BCUT2D eigenvalue weighted by molar-refractivity contribution is 5.45. The highest BCUT2D eigenvalue weighted by Gasteiger charge is 2.28. The van der Waals surface area contributed by atoms with Crippen LogP contribution >= 0.6 is 0 Å². The van der Waals surface area contributed by atoms with Crippen LogP contribution in [0.5, 0.6) is 0 Å². The minimum Gasteiger partial charge on any atom is -0.387 e. The van der Waals surface area contributed by atoms with Gasteiger partial charge in [0.1, 0.15) is 0 Å². The molecule has 1 aromatic rings. The molecule has 1 heterocycles. The Balaban J connectivity index is 2.02. The van der Waals surface area contributed by atoms with Gasteiger partial charge in [-0.25, -0.2) is 0 Å². The van der Waals surface area contributed by atoms with E-state index in [9.17, 15) is 5.11 Å². The number of anilines is 1. The number of aliphatic hydroxyl groups excluding tert-OH is 1. The van der Waals surface area contributed by atoms with E-state index in [0.717, 1.165) is 11.4 Å². The average molecular weight is 262 g/mol. The minimum absolute atomic E-state index is 0.491. The SMILES string of the molecule is C[C@H](O)c1ccc(N(C)C2CCC(C)(C)CC2)cn1. The molecule has 106 valence electrons. The number of aliphatic hydroxyl groups is 1. The van der Waals surface area contributed by atoms with Gasteiger partial charge in [-0.15, -0.1) is 0 Å². The fourth-order valence-electron chi connectivity index (χ4n) is 2.84. The zero-order valence-corrected chi connectivity index (χ0v) is 12.6. The number of pyridine rings is 1. The van der Waals surface area contributed by atoms with Crippen molar-refractivity contribution in [2.75, 3.05) is 11.9 Å². The van der Waals surface area contributed by atoms with Gasteiger partial charge in [0.2, 0.25) is 0 Å².